The van der Waals surface area contributed by atoms with Crippen molar-refractivity contribution in [1.29, 1.82) is 0 Å². The third-order valence-electron chi connectivity index (χ3n) is 6.41. The van der Waals surface area contributed by atoms with E-state index in [1.165, 1.54) is 22.3 Å². The van der Waals surface area contributed by atoms with Crippen molar-refractivity contribution >= 4 is 17.1 Å². The number of hydrogen-bond acceptors (Lipinski definition) is 5. The Balaban J connectivity index is 1.59. The van der Waals surface area contributed by atoms with E-state index in [4.69, 9.17) is 14.2 Å². The van der Waals surface area contributed by atoms with Crippen molar-refractivity contribution in [3.63, 3.8) is 0 Å². The molecule has 3 aromatic carbocycles. The Kier molecular flexibility index (Phi) is 8.34. The molecule has 0 radical (unpaired) electrons. The monoisotopic (exact) mass is 499 g/mol. The highest BCUT2D eigenvalue weighted by Crippen LogP contribution is 2.41. The zero-order chi connectivity index (χ0) is 26.4. The fourth-order valence-electron chi connectivity index (χ4n) is 4.35. The van der Waals surface area contributed by atoms with Crippen LogP contribution >= 0.6 is 0 Å². The zero-order valence-electron chi connectivity index (χ0n) is 22.5. The molecule has 0 aromatic heterocycles. The number of esters is 1. The van der Waals surface area contributed by atoms with Crippen LogP contribution in [-0.4, -0.2) is 44.9 Å². The van der Waals surface area contributed by atoms with Crippen LogP contribution in [0.15, 0.2) is 72.8 Å². The summed E-state index contributed by atoms with van der Waals surface area (Å²) in [5.74, 6) is 1.24. The summed E-state index contributed by atoms with van der Waals surface area (Å²) in [5.41, 5.74) is 6.99. The van der Waals surface area contributed by atoms with Crippen molar-refractivity contribution < 1.29 is 19.0 Å². The molecule has 0 aliphatic heterocycles. The number of carbonyl (C=O) groups excluding carboxylic acids is 1. The maximum Gasteiger partial charge on any atom is 0.314 e. The van der Waals surface area contributed by atoms with E-state index in [9.17, 15) is 4.79 Å². The lowest BCUT2D eigenvalue weighted by Crippen LogP contribution is -2.24. The van der Waals surface area contributed by atoms with Crippen LogP contribution in [0.2, 0.25) is 0 Å². The zero-order valence-corrected chi connectivity index (χ0v) is 22.5. The first-order valence-electron chi connectivity index (χ1n) is 12.8. The van der Waals surface area contributed by atoms with E-state index in [2.05, 4.69) is 53.4 Å². The van der Waals surface area contributed by atoms with E-state index in [-0.39, 0.29) is 12.8 Å². The summed E-state index contributed by atoms with van der Waals surface area (Å²) in [6, 6.07) is 25.1. The molecule has 1 aliphatic rings. The second-order valence-corrected chi connectivity index (χ2v) is 10.7. The summed E-state index contributed by atoms with van der Waals surface area (Å²) in [5, 5.41) is 0. The Morgan fingerprint density at radius 1 is 0.811 bits per heavy atom. The topological polar surface area (TPSA) is 48.0 Å². The van der Waals surface area contributed by atoms with Gasteiger partial charge in [-0.2, -0.15) is 0 Å². The quantitative estimate of drug-likeness (QED) is 0.250. The van der Waals surface area contributed by atoms with Gasteiger partial charge in [-0.15, -0.1) is 0 Å². The number of rotatable bonds is 9. The predicted octanol–water partition coefficient (Wildman–Crippen LogP) is 6.46. The van der Waals surface area contributed by atoms with Crippen molar-refractivity contribution in [3.05, 3.63) is 95.1 Å². The third kappa shape index (κ3) is 6.80. The number of carbonyl (C=O) groups is 1. The molecule has 0 amide bonds. The number of nitrogens with zero attached hydrogens (tertiary/aromatic N) is 1. The van der Waals surface area contributed by atoms with Crippen molar-refractivity contribution in [1.82, 2.24) is 4.90 Å². The van der Waals surface area contributed by atoms with Gasteiger partial charge >= 0.3 is 5.97 Å². The van der Waals surface area contributed by atoms with Gasteiger partial charge in [0.2, 0.25) is 6.79 Å². The van der Waals surface area contributed by atoms with Gasteiger partial charge in [0.25, 0.3) is 0 Å². The van der Waals surface area contributed by atoms with Gasteiger partial charge in [0, 0.05) is 6.54 Å². The minimum absolute atomic E-state index is 0.105. The average molecular weight is 500 g/mol. The van der Waals surface area contributed by atoms with Gasteiger partial charge in [-0.25, -0.2) is 0 Å². The molecule has 5 nitrogen and oxygen atoms in total. The smallest absolute Gasteiger partial charge is 0.314 e. The number of allylic oxidation sites excluding steroid dienone is 1. The fraction of sp³-hybridized carbons (Fsp3) is 0.344. The van der Waals surface area contributed by atoms with Gasteiger partial charge in [-0.05, 0) is 105 Å². The van der Waals surface area contributed by atoms with Crippen LogP contribution in [0.3, 0.4) is 0 Å². The van der Waals surface area contributed by atoms with Crippen LogP contribution in [0, 0.1) is 5.41 Å². The van der Waals surface area contributed by atoms with Gasteiger partial charge in [0.15, 0.2) is 0 Å². The molecule has 0 heterocycles. The van der Waals surface area contributed by atoms with E-state index in [0.29, 0.717) is 12.4 Å². The summed E-state index contributed by atoms with van der Waals surface area (Å²) in [6.07, 6.45) is 2.04. The lowest BCUT2D eigenvalue weighted by Gasteiger charge is -2.17. The second kappa shape index (κ2) is 11.7. The van der Waals surface area contributed by atoms with E-state index in [1.54, 1.807) is 0 Å². The minimum atomic E-state index is -0.557. The normalized spacial score (nSPS) is 14.3. The maximum absolute atomic E-state index is 12.0. The highest BCUT2D eigenvalue weighted by atomic mass is 16.7. The lowest BCUT2D eigenvalue weighted by molar-refractivity contribution is -0.159. The van der Waals surface area contributed by atoms with Crippen molar-refractivity contribution in [3.8, 4) is 11.5 Å². The van der Waals surface area contributed by atoms with Gasteiger partial charge in [0.05, 0.1) is 5.41 Å². The molecule has 0 saturated carbocycles. The highest BCUT2D eigenvalue weighted by Gasteiger charge is 2.23. The van der Waals surface area contributed by atoms with Gasteiger partial charge < -0.3 is 19.1 Å². The second-order valence-electron chi connectivity index (χ2n) is 10.7. The van der Waals surface area contributed by atoms with Gasteiger partial charge in [-0.3, -0.25) is 4.79 Å². The molecular formula is C32H37NO4. The molecule has 0 bridgehead atoms. The molecule has 0 saturated heterocycles. The molecule has 194 valence electrons. The summed E-state index contributed by atoms with van der Waals surface area (Å²) in [4.78, 5) is 14.1. The molecule has 1 aliphatic carbocycles. The summed E-state index contributed by atoms with van der Waals surface area (Å²) in [6.45, 7) is 6.89. The van der Waals surface area contributed by atoms with Crippen LogP contribution in [0.5, 0.6) is 11.5 Å². The molecule has 0 atom stereocenters. The largest absolute Gasteiger partial charge is 0.492 e. The number of aryl methyl sites for hydroxylation is 1. The Morgan fingerprint density at radius 3 is 2.00 bits per heavy atom. The van der Waals surface area contributed by atoms with Gasteiger partial charge in [0.1, 0.15) is 18.1 Å². The Labute approximate surface area is 220 Å². The van der Waals surface area contributed by atoms with E-state index in [0.717, 1.165) is 36.3 Å². The number of benzene rings is 3. The maximum atomic E-state index is 12.0. The van der Waals surface area contributed by atoms with Crippen molar-refractivity contribution in [2.45, 2.75) is 33.6 Å². The Bertz CT molecular complexity index is 1240. The van der Waals surface area contributed by atoms with Crippen LogP contribution in [0.4, 0.5) is 0 Å². The first-order chi connectivity index (χ1) is 17.7. The third-order valence-corrected chi connectivity index (χ3v) is 6.41. The average Bonchev–Trinajstić information content (AvgIpc) is 3.29. The predicted molar refractivity (Wildman–Crippen MR) is 149 cm³/mol. The Morgan fingerprint density at radius 2 is 1.41 bits per heavy atom. The Hall–Kier alpha value is -3.57. The fourth-order valence-corrected chi connectivity index (χ4v) is 4.35. The van der Waals surface area contributed by atoms with E-state index < -0.39 is 5.41 Å². The number of hydrogen-bond donors (Lipinski definition) is 0. The molecule has 0 spiro atoms. The number of fused-ring (bicyclic) bond motifs is 1. The van der Waals surface area contributed by atoms with Gasteiger partial charge in [-0.1, -0.05) is 48.5 Å². The minimum Gasteiger partial charge on any atom is -0.492 e. The SMILES string of the molecule is CN(C)CCOc1ccc(C(=C2CCc3ccccc32)c2ccc(OCOC(=O)C(C)(C)C)cc2)cc1. The molecular weight excluding hydrogens is 462 g/mol. The van der Waals surface area contributed by atoms with Crippen molar-refractivity contribution in [2.75, 3.05) is 34.0 Å². The number of ether oxygens (including phenoxy) is 3. The number of likely N-dealkylation sites (N-methyl/N-ethyl adjacent to an activating group) is 1. The molecule has 3 aromatic rings. The lowest BCUT2D eigenvalue weighted by atomic mass is 9.90. The van der Waals surface area contributed by atoms with Crippen LogP contribution < -0.4 is 9.47 Å². The molecule has 0 unspecified atom stereocenters. The van der Waals surface area contributed by atoms with Crippen LogP contribution in [-0.2, 0) is 16.0 Å². The summed E-state index contributed by atoms with van der Waals surface area (Å²) < 4.78 is 16.8. The van der Waals surface area contributed by atoms with Crippen LogP contribution in [0.1, 0.15) is 49.4 Å². The summed E-state index contributed by atoms with van der Waals surface area (Å²) in [7, 11) is 4.08. The first-order valence-corrected chi connectivity index (χ1v) is 12.8. The molecule has 37 heavy (non-hydrogen) atoms. The summed E-state index contributed by atoms with van der Waals surface area (Å²) >= 11 is 0. The first kappa shape index (κ1) is 26.5. The molecule has 5 heteroatoms. The van der Waals surface area contributed by atoms with Crippen LogP contribution in [0.25, 0.3) is 11.1 Å². The molecule has 0 N–H and O–H groups in total. The standard InChI is InChI=1S/C32H37NO4/c1-32(2,3)31(34)37-22-36-27-17-12-25(13-18-27)30(29-19-14-23-8-6-7-9-28(23)29)24-10-15-26(16-11-24)35-21-20-33(4)5/h6-13,15-18H,14,19-22H2,1-5H3. The van der Waals surface area contributed by atoms with E-state index in [1.807, 2.05) is 59.1 Å². The highest BCUT2D eigenvalue weighted by molar-refractivity contribution is 6.00. The van der Waals surface area contributed by atoms with E-state index >= 15 is 0 Å². The van der Waals surface area contributed by atoms with Crippen molar-refractivity contribution in [2.24, 2.45) is 5.41 Å². The molecule has 0 fully saturated rings. The molecule has 4 rings (SSSR count).